The van der Waals surface area contributed by atoms with Gasteiger partial charge in [0.25, 0.3) is 5.91 Å². The highest BCUT2D eigenvalue weighted by Crippen LogP contribution is 2.18. The lowest BCUT2D eigenvalue weighted by Gasteiger charge is -2.22. The fourth-order valence-electron chi connectivity index (χ4n) is 2.31. The Morgan fingerprint density at radius 3 is 2.57 bits per heavy atom. The Morgan fingerprint density at radius 2 is 1.87 bits per heavy atom. The molecule has 0 radical (unpaired) electrons. The highest BCUT2D eigenvalue weighted by molar-refractivity contribution is 6.32. The summed E-state index contributed by atoms with van der Waals surface area (Å²) >= 11 is 6.07. The number of hydrogen-bond acceptors (Lipinski definition) is 3. The lowest BCUT2D eigenvalue weighted by atomic mass is 10.2. The van der Waals surface area contributed by atoms with E-state index in [1.54, 1.807) is 35.6 Å². The van der Waals surface area contributed by atoms with E-state index in [-0.39, 0.29) is 11.1 Å². The zero-order chi connectivity index (χ0) is 16.1. The third-order valence-corrected chi connectivity index (χ3v) is 3.72. The summed E-state index contributed by atoms with van der Waals surface area (Å²) in [6.07, 6.45) is 3.16. The molecule has 116 valence electrons. The molecular formula is C18H15ClN2O2. The zero-order valence-corrected chi connectivity index (χ0v) is 13.1. The molecular weight excluding hydrogens is 312 g/mol. The number of nitrogens with zero attached hydrogens (tertiary/aromatic N) is 2. The van der Waals surface area contributed by atoms with Crippen molar-refractivity contribution in [2.45, 2.75) is 13.1 Å². The Kier molecular flexibility index (Phi) is 4.74. The van der Waals surface area contributed by atoms with Gasteiger partial charge in [0.05, 0.1) is 18.4 Å². The molecule has 0 atom stereocenters. The Labute approximate surface area is 139 Å². The minimum atomic E-state index is -0.177. The average molecular weight is 327 g/mol. The number of rotatable bonds is 5. The molecule has 3 rings (SSSR count). The number of halogens is 1. The van der Waals surface area contributed by atoms with Crippen molar-refractivity contribution in [2.24, 2.45) is 0 Å². The smallest absolute Gasteiger partial charge is 0.257 e. The molecule has 0 unspecified atom stereocenters. The SMILES string of the molecule is O=C(c1cccnc1Cl)N(Cc1ccccc1)Cc1ccco1. The van der Waals surface area contributed by atoms with Crippen molar-refractivity contribution < 1.29 is 9.21 Å². The lowest BCUT2D eigenvalue weighted by molar-refractivity contribution is 0.0717. The summed E-state index contributed by atoms with van der Waals surface area (Å²) in [7, 11) is 0. The number of amides is 1. The summed E-state index contributed by atoms with van der Waals surface area (Å²) in [6.45, 7) is 0.831. The summed E-state index contributed by atoms with van der Waals surface area (Å²) in [6, 6.07) is 16.8. The van der Waals surface area contributed by atoms with Gasteiger partial charge in [-0.1, -0.05) is 41.9 Å². The summed E-state index contributed by atoms with van der Waals surface area (Å²) in [5, 5.41) is 0.204. The number of aromatic nitrogens is 1. The first-order valence-electron chi connectivity index (χ1n) is 7.20. The molecule has 0 aliphatic heterocycles. The quantitative estimate of drug-likeness (QED) is 0.661. The maximum Gasteiger partial charge on any atom is 0.257 e. The molecule has 1 amide bonds. The van der Waals surface area contributed by atoms with Gasteiger partial charge in [-0.3, -0.25) is 4.79 Å². The van der Waals surface area contributed by atoms with Gasteiger partial charge < -0.3 is 9.32 Å². The molecule has 0 fully saturated rings. The standard InChI is InChI=1S/C18H15ClN2O2/c19-17-16(9-4-10-20-17)18(22)21(13-15-8-5-11-23-15)12-14-6-2-1-3-7-14/h1-11H,12-13H2. The van der Waals surface area contributed by atoms with E-state index >= 15 is 0 Å². The number of hydrogen-bond donors (Lipinski definition) is 0. The van der Waals surface area contributed by atoms with E-state index < -0.39 is 0 Å². The van der Waals surface area contributed by atoms with Crippen molar-refractivity contribution in [1.29, 1.82) is 0 Å². The average Bonchev–Trinajstić information content (AvgIpc) is 3.08. The highest BCUT2D eigenvalue weighted by atomic mass is 35.5. The van der Waals surface area contributed by atoms with Crippen molar-refractivity contribution in [3.8, 4) is 0 Å². The van der Waals surface area contributed by atoms with Crippen molar-refractivity contribution in [1.82, 2.24) is 9.88 Å². The monoisotopic (exact) mass is 326 g/mol. The van der Waals surface area contributed by atoms with Gasteiger partial charge in [0.1, 0.15) is 10.9 Å². The second-order valence-electron chi connectivity index (χ2n) is 5.07. The van der Waals surface area contributed by atoms with Gasteiger partial charge in [0, 0.05) is 12.7 Å². The van der Waals surface area contributed by atoms with Gasteiger partial charge in [-0.2, -0.15) is 0 Å². The van der Waals surface area contributed by atoms with Gasteiger partial charge >= 0.3 is 0 Å². The molecule has 0 bridgehead atoms. The fraction of sp³-hybridized carbons (Fsp3) is 0.111. The van der Waals surface area contributed by atoms with Crippen molar-refractivity contribution in [3.63, 3.8) is 0 Å². The van der Waals surface area contributed by atoms with E-state index in [1.807, 2.05) is 36.4 Å². The molecule has 0 spiro atoms. The van der Waals surface area contributed by atoms with Crippen molar-refractivity contribution >= 4 is 17.5 Å². The van der Waals surface area contributed by atoms with Crippen LogP contribution < -0.4 is 0 Å². The summed E-state index contributed by atoms with van der Waals surface area (Å²) < 4.78 is 5.38. The zero-order valence-electron chi connectivity index (χ0n) is 12.4. The van der Waals surface area contributed by atoms with E-state index in [0.717, 1.165) is 5.56 Å². The molecule has 5 heteroatoms. The number of carbonyl (C=O) groups excluding carboxylic acids is 1. The van der Waals surface area contributed by atoms with Crippen LogP contribution in [0.15, 0.2) is 71.5 Å². The molecule has 2 heterocycles. The molecule has 4 nitrogen and oxygen atoms in total. The van der Waals surface area contributed by atoms with Crippen LogP contribution in [0.2, 0.25) is 5.15 Å². The fourth-order valence-corrected chi connectivity index (χ4v) is 2.51. The molecule has 0 saturated heterocycles. The minimum absolute atomic E-state index is 0.177. The minimum Gasteiger partial charge on any atom is -0.467 e. The van der Waals surface area contributed by atoms with Gasteiger partial charge in [-0.25, -0.2) is 4.98 Å². The van der Waals surface area contributed by atoms with E-state index in [9.17, 15) is 4.79 Å². The van der Waals surface area contributed by atoms with Gasteiger partial charge in [-0.15, -0.1) is 0 Å². The predicted molar refractivity (Wildman–Crippen MR) is 88.0 cm³/mol. The Bertz CT molecular complexity index is 773. The lowest BCUT2D eigenvalue weighted by Crippen LogP contribution is -2.30. The molecule has 0 aliphatic rings. The van der Waals surface area contributed by atoms with Crippen LogP contribution in [0.5, 0.6) is 0 Å². The first-order chi connectivity index (χ1) is 11.2. The normalized spacial score (nSPS) is 10.5. The second-order valence-corrected chi connectivity index (χ2v) is 5.43. The summed E-state index contributed by atoms with van der Waals surface area (Å²) in [4.78, 5) is 18.5. The Balaban J connectivity index is 1.88. The molecule has 1 aromatic carbocycles. The van der Waals surface area contributed by atoms with E-state index in [4.69, 9.17) is 16.0 Å². The highest BCUT2D eigenvalue weighted by Gasteiger charge is 2.20. The molecule has 0 N–H and O–H groups in total. The second kappa shape index (κ2) is 7.11. The van der Waals surface area contributed by atoms with Crippen LogP contribution >= 0.6 is 11.6 Å². The van der Waals surface area contributed by atoms with Crippen LogP contribution in [0.1, 0.15) is 21.7 Å². The summed E-state index contributed by atoms with van der Waals surface area (Å²) in [5.74, 6) is 0.539. The molecule has 0 saturated carbocycles. The van der Waals surface area contributed by atoms with Gasteiger partial charge in [0.15, 0.2) is 0 Å². The van der Waals surface area contributed by atoms with Gasteiger partial charge in [-0.05, 0) is 29.8 Å². The first kappa shape index (κ1) is 15.3. The number of pyridine rings is 1. The van der Waals surface area contributed by atoms with Crippen LogP contribution in [-0.2, 0) is 13.1 Å². The van der Waals surface area contributed by atoms with Crippen LogP contribution in [-0.4, -0.2) is 15.8 Å². The Morgan fingerprint density at radius 1 is 1.04 bits per heavy atom. The Hall–Kier alpha value is -2.59. The van der Waals surface area contributed by atoms with E-state index in [0.29, 0.717) is 24.4 Å². The molecule has 3 aromatic rings. The maximum absolute atomic E-state index is 12.9. The maximum atomic E-state index is 12.9. The largest absolute Gasteiger partial charge is 0.467 e. The summed E-state index contributed by atoms with van der Waals surface area (Å²) in [5.41, 5.74) is 1.42. The van der Waals surface area contributed by atoms with Gasteiger partial charge in [0.2, 0.25) is 0 Å². The van der Waals surface area contributed by atoms with Crippen LogP contribution in [0.25, 0.3) is 0 Å². The number of carbonyl (C=O) groups is 1. The third-order valence-electron chi connectivity index (χ3n) is 3.42. The van der Waals surface area contributed by atoms with Crippen LogP contribution in [0, 0.1) is 0 Å². The molecule has 23 heavy (non-hydrogen) atoms. The van der Waals surface area contributed by atoms with Crippen molar-refractivity contribution in [2.75, 3.05) is 0 Å². The number of benzene rings is 1. The van der Waals surface area contributed by atoms with Crippen molar-refractivity contribution in [3.05, 3.63) is 89.1 Å². The van der Waals surface area contributed by atoms with Crippen LogP contribution in [0.3, 0.4) is 0 Å². The topological polar surface area (TPSA) is 46.3 Å². The first-order valence-corrected chi connectivity index (χ1v) is 7.58. The van der Waals surface area contributed by atoms with E-state index in [1.165, 1.54) is 0 Å². The molecule has 2 aromatic heterocycles. The predicted octanol–water partition coefficient (Wildman–Crippen LogP) is 4.17. The number of furan rings is 1. The third kappa shape index (κ3) is 3.79. The molecule has 0 aliphatic carbocycles. The van der Waals surface area contributed by atoms with Crippen LogP contribution in [0.4, 0.5) is 0 Å². The van der Waals surface area contributed by atoms with E-state index in [2.05, 4.69) is 4.98 Å².